The molecule has 0 unspecified atom stereocenters. The van der Waals surface area contributed by atoms with Crippen molar-refractivity contribution in [1.29, 1.82) is 0 Å². The first kappa shape index (κ1) is 14.6. The Bertz CT molecular complexity index is 295. The van der Waals surface area contributed by atoms with Crippen LogP contribution in [0.25, 0.3) is 0 Å². The van der Waals surface area contributed by atoms with Crippen LogP contribution >= 0.6 is 11.3 Å². The third kappa shape index (κ3) is 6.15. The summed E-state index contributed by atoms with van der Waals surface area (Å²) < 4.78 is 0. The lowest BCUT2D eigenvalue weighted by molar-refractivity contribution is 0.298. The lowest BCUT2D eigenvalue weighted by Crippen LogP contribution is -2.27. The first-order valence-electron chi connectivity index (χ1n) is 6.60. The van der Waals surface area contributed by atoms with Crippen molar-refractivity contribution in [3.63, 3.8) is 0 Å². The van der Waals surface area contributed by atoms with E-state index in [9.17, 15) is 0 Å². The lowest BCUT2D eigenvalue weighted by atomic mass is 10.3. The number of aromatic nitrogens is 1. The van der Waals surface area contributed by atoms with Crippen molar-refractivity contribution in [2.24, 2.45) is 0 Å². The molecule has 17 heavy (non-hydrogen) atoms. The Labute approximate surface area is 109 Å². The second-order valence-corrected chi connectivity index (χ2v) is 5.21. The molecule has 3 nitrogen and oxygen atoms in total. The standard InChI is InChI=1S/C13H25N3S/c1-4-16(5-2)10-6-8-14-9-7-13-15-12(3)11-17-13/h11,14H,4-10H2,1-3H3. The normalized spacial score (nSPS) is 11.3. The fourth-order valence-electron chi connectivity index (χ4n) is 1.81. The summed E-state index contributed by atoms with van der Waals surface area (Å²) in [6, 6.07) is 0. The van der Waals surface area contributed by atoms with Crippen LogP contribution in [0, 0.1) is 6.92 Å². The number of thiazole rings is 1. The van der Waals surface area contributed by atoms with Crippen molar-refractivity contribution in [2.75, 3.05) is 32.7 Å². The van der Waals surface area contributed by atoms with Gasteiger partial charge in [-0.15, -0.1) is 11.3 Å². The zero-order valence-electron chi connectivity index (χ0n) is 11.3. The molecule has 0 aliphatic rings. The summed E-state index contributed by atoms with van der Waals surface area (Å²) in [4.78, 5) is 6.92. The number of rotatable bonds is 9. The topological polar surface area (TPSA) is 28.2 Å². The molecule has 1 aromatic heterocycles. The maximum absolute atomic E-state index is 4.45. The third-order valence-electron chi connectivity index (χ3n) is 2.90. The molecule has 0 aromatic carbocycles. The summed E-state index contributed by atoms with van der Waals surface area (Å²) in [6.45, 7) is 12.2. The number of nitrogens with zero attached hydrogens (tertiary/aromatic N) is 2. The smallest absolute Gasteiger partial charge is 0.0940 e. The summed E-state index contributed by atoms with van der Waals surface area (Å²) in [5.74, 6) is 0. The minimum atomic E-state index is 1.05. The summed E-state index contributed by atoms with van der Waals surface area (Å²) in [5.41, 5.74) is 1.14. The van der Waals surface area contributed by atoms with Gasteiger partial charge in [-0.1, -0.05) is 13.8 Å². The van der Waals surface area contributed by atoms with Gasteiger partial charge in [-0.2, -0.15) is 0 Å². The van der Waals surface area contributed by atoms with E-state index in [1.165, 1.54) is 18.0 Å². The van der Waals surface area contributed by atoms with Gasteiger partial charge in [0.05, 0.1) is 5.01 Å². The van der Waals surface area contributed by atoms with Crippen LogP contribution in [0.1, 0.15) is 31.0 Å². The van der Waals surface area contributed by atoms with E-state index in [1.54, 1.807) is 11.3 Å². The molecule has 0 atom stereocenters. The van der Waals surface area contributed by atoms with Gasteiger partial charge >= 0.3 is 0 Å². The van der Waals surface area contributed by atoms with Crippen LogP contribution in [0.4, 0.5) is 0 Å². The molecule has 98 valence electrons. The largest absolute Gasteiger partial charge is 0.316 e. The maximum Gasteiger partial charge on any atom is 0.0940 e. The van der Waals surface area contributed by atoms with E-state index in [-0.39, 0.29) is 0 Å². The fraction of sp³-hybridized carbons (Fsp3) is 0.769. The Morgan fingerprint density at radius 2 is 2.06 bits per heavy atom. The molecule has 0 amide bonds. The highest BCUT2D eigenvalue weighted by Gasteiger charge is 1.99. The van der Waals surface area contributed by atoms with Gasteiger partial charge in [-0.05, 0) is 39.5 Å². The Hall–Kier alpha value is -0.450. The molecule has 0 fully saturated rings. The molecule has 0 saturated heterocycles. The number of hydrogen-bond acceptors (Lipinski definition) is 4. The number of aryl methyl sites for hydroxylation is 1. The van der Waals surface area contributed by atoms with Crippen LogP contribution in [-0.2, 0) is 6.42 Å². The molecule has 0 aliphatic carbocycles. The molecule has 4 heteroatoms. The van der Waals surface area contributed by atoms with Gasteiger partial charge in [0.15, 0.2) is 0 Å². The van der Waals surface area contributed by atoms with Crippen molar-refractivity contribution in [3.05, 3.63) is 16.1 Å². The van der Waals surface area contributed by atoms with Gasteiger partial charge in [0.2, 0.25) is 0 Å². The molecule has 0 spiro atoms. The zero-order valence-corrected chi connectivity index (χ0v) is 12.1. The quantitative estimate of drug-likeness (QED) is 0.686. The Kier molecular flexibility index (Phi) is 7.40. The van der Waals surface area contributed by atoms with Gasteiger partial charge in [0, 0.05) is 24.0 Å². The minimum Gasteiger partial charge on any atom is -0.316 e. The van der Waals surface area contributed by atoms with Gasteiger partial charge in [0.25, 0.3) is 0 Å². The molecular formula is C13H25N3S. The number of nitrogens with one attached hydrogen (secondary N) is 1. The second-order valence-electron chi connectivity index (χ2n) is 4.26. The van der Waals surface area contributed by atoms with Crippen LogP contribution in [0.3, 0.4) is 0 Å². The van der Waals surface area contributed by atoms with Crippen LogP contribution in [0.2, 0.25) is 0 Å². The van der Waals surface area contributed by atoms with E-state index in [0.29, 0.717) is 0 Å². The molecule has 1 rings (SSSR count). The van der Waals surface area contributed by atoms with Gasteiger partial charge in [0.1, 0.15) is 0 Å². The first-order chi connectivity index (χ1) is 8.26. The molecule has 0 bridgehead atoms. The van der Waals surface area contributed by atoms with Crippen molar-refractivity contribution in [2.45, 2.75) is 33.6 Å². The highest BCUT2D eigenvalue weighted by molar-refractivity contribution is 7.09. The average Bonchev–Trinajstić information content (AvgIpc) is 2.74. The second kappa shape index (κ2) is 8.61. The highest BCUT2D eigenvalue weighted by atomic mass is 32.1. The maximum atomic E-state index is 4.45. The zero-order chi connectivity index (χ0) is 12.5. The van der Waals surface area contributed by atoms with Gasteiger partial charge in [-0.3, -0.25) is 0 Å². The van der Waals surface area contributed by atoms with E-state index >= 15 is 0 Å². The van der Waals surface area contributed by atoms with E-state index in [0.717, 1.165) is 38.3 Å². The van der Waals surface area contributed by atoms with Gasteiger partial charge < -0.3 is 10.2 Å². The Morgan fingerprint density at radius 1 is 1.29 bits per heavy atom. The highest BCUT2D eigenvalue weighted by Crippen LogP contribution is 2.08. The predicted molar refractivity (Wildman–Crippen MR) is 75.8 cm³/mol. The summed E-state index contributed by atoms with van der Waals surface area (Å²) in [6.07, 6.45) is 2.29. The Morgan fingerprint density at radius 3 is 2.65 bits per heavy atom. The average molecular weight is 255 g/mol. The van der Waals surface area contributed by atoms with Crippen LogP contribution in [-0.4, -0.2) is 42.6 Å². The molecule has 0 radical (unpaired) electrons. The molecular weight excluding hydrogens is 230 g/mol. The SMILES string of the molecule is CCN(CC)CCCNCCc1nc(C)cs1. The van der Waals surface area contributed by atoms with E-state index in [2.05, 4.69) is 41.4 Å². The monoisotopic (exact) mass is 255 g/mol. The van der Waals surface area contributed by atoms with Crippen molar-refractivity contribution in [1.82, 2.24) is 15.2 Å². The molecule has 1 N–H and O–H groups in total. The molecule has 1 heterocycles. The van der Waals surface area contributed by atoms with Crippen molar-refractivity contribution >= 4 is 11.3 Å². The van der Waals surface area contributed by atoms with E-state index < -0.39 is 0 Å². The summed E-state index contributed by atoms with van der Waals surface area (Å²) in [5, 5.41) is 6.86. The summed E-state index contributed by atoms with van der Waals surface area (Å²) in [7, 11) is 0. The van der Waals surface area contributed by atoms with Crippen LogP contribution in [0.5, 0.6) is 0 Å². The van der Waals surface area contributed by atoms with Crippen LogP contribution in [0.15, 0.2) is 5.38 Å². The summed E-state index contributed by atoms with van der Waals surface area (Å²) >= 11 is 1.77. The van der Waals surface area contributed by atoms with Crippen molar-refractivity contribution < 1.29 is 0 Å². The molecule has 0 saturated carbocycles. The van der Waals surface area contributed by atoms with Gasteiger partial charge in [-0.25, -0.2) is 4.98 Å². The third-order valence-corrected chi connectivity index (χ3v) is 3.93. The van der Waals surface area contributed by atoms with Crippen molar-refractivity contribution in [3.8, 4) is 0 Å². The van der Waals surface area contributed by atoms with E-state index in [4.69, 9.17) is 0 Å². The lowest BCUT2D eigenvalue weighted by Gasteiger charge is -2.17. The Balaban J connectivity index is 1.97. The van der Waals surface area contributed by atoms with Crippen LogP contribution < -0.4 is 5.32 Å². The fourth-order valence-corrected chi connectivity index (χ4v) is 2.58. The first-order valence-corrected chi connectivity index (χ1v) is 7.48. The predicted octanol–water partition coefficient (Wildman–Crippen LogP) is 2.32. The number of hydrogen-bond donors (Lipinski definition) is 1. The molecule has 0 aliphatic heterocycles. The van der Waals surface area contributed by atoms with E-state index in [1.807, 2.05) is 0 Å². The minimum absolute atomic E-state index is 1.05. The molecule has 1 aromatic rings.